The Balaban J connectivity index is 1.15. The van der Waals surface area contributed by atoms with E-state index in [-0.39, 0.29) is 31.0 Å². The number of carbonyl (C=O) groups excluding carboxylic acids is 4. The minimum absolute atomic E-state index is 0.000784. The van der Waals surface area contributed by atoms with Crippen LogP contribution in [-0.2, 0) is 33.9 Å². The van der Waals surface area contributed by atoms with Gasteiger partial charge in [-0.25, -0.2) is 28.0 Å². The van der Waals surface area contributed by atoms with Crippen LogP contribution in [0.5, 0.6) is 0 Å². The first-order valence-corrected chi connectivity index (χ1v) is 20.9. The number of esters is 1. The highest BCUT2D eigenvalue weighted by Crippen LogP contribution is 2.33. The Morgan fingerprint density at radius 3 is 1.88 bits per heavy atom. The Morgan fingerprint density at radius 2 is 1.36 bits per heavy atom. The molecule has 0 aliphatic carbocycles. The Labute approximate surface area is 343 Å². The van der Waals surface area contributed by atoms with Crippen LogP contribution >= 0.6 is 0 Å². The van der Waals surface area contributed by atoms with E-state index in [2.05, 4.69) is 41.8 Å². The SMILES string of the molecule is COC(=O)C#C[C@H](C(=O)N1CC=C[C@H]1c1ncc(-c2ccc(-c3ccc(-c4cnc([C@@H]5CN(S(C)(=O)=O)CN5C(=O)[C@@H](NC(=O)OC)C(C)C)[nH]4)cc3)cc2)[nH]1)C(C)C. The van der Waals surface area contributed by atoms with Crippen molar-refractivity contribution in [2.75, 3.05) is 40.2 Å². The molecule has 2 aromatic heterocycles. The van der Waals surface area contributed by atoms with Gasteiger partial charge in [0, 0.05) is 19.0 Å². The molecule has 1 saturated heterocycles. The van der Waals surface area contributed by atoms with Gasteiger partial charge in [0.15, 0.2) is 0 Å². The third kappa shape index (κ3) is 9.40. The summed E-state index contributed by atoms with van der Waals surface area (Å²) in [4.78, 5) is 70.0. The number of H-pyrrole nitrogens is 2. The molecule has 0 unspecified atom stereocenters. The first-order chi connectivity index (χ1) is 28.1. The maximum Gasteiger partial charge on any atom is 0.407 e. The zero-order valence-corrected chi connectivity index (χ0v) is 34.7. The molecule has 2 aliphatic heterocycles. The van der Waals surface area contributed by atoms with Crippen molar-refractivity contribution >= 4 is 33.9 Å². The van der Waals surface area contributed by atoms with Crippen molar-refractivity contribution < 1.29 is 37.1 Å². The van der Waals surface area contributed by atoms with E-state index in [4.69, 9.17) is 4.74 Å². The quantitative estimate of drug-likeness (QED) is 0.0837. The average molecular weight is 825 g/mol. The second-order valence-electron chi connectivity index (χ2n) is 15.1. The van der Waals surface area contributed by atoms with Crippen molar-refractivity contribution in [3.05, 3.63) is 84.7 Å². The summed E-state index contributed by atoms with van der Waals surface area (Å²) in [6.07, 6.45) is 7.56. The molecule has 2 aromatic carbocycles. The van der Waals surface area contributed by atoms with Crippen LogP contribution in [0.1, 0.15) is 51.4 Å². The molecule has 4 atom stereocenters. The lowest BCUT2D eigenvalue weighted by atomic mass is 9.94. The van der Waals surface area contributed by atoms with E-state index in [0.717, 1.165) is 34.2 Å². The number of amides is 3. The largest absolute Gasteiger partial charge is 0.459 e. The number of carbonyl (C=O) groups is 4. The van der Waals surface area contributed by atoms with Crippen LogP contribution in [0.2, 0.25) is 0 Å². The van der Waals surface area contributed by atoms with Gasteiger partial charge < -0.3 is 34.6 Å². The van der Waals surface area contributed by atoms with Gasteiger partial charge >= 0.3 is 12.1 Å². The highest BCUT2D eigenvalue weighted by molar-refractivity contribution is 7.88. The Kier molecular flexibility index (Phi) is 12.7. The van der Waals surface area contributed by atoms with Gasteiger partial charge in [0.25, 0.3) is 0 Å². The van der Waals surface area contributed by atoms with Crippen molar-refractivity contribution in [2.24, 2.45) is 17.8 Å². The molecular weight excluding hydrogens is 777 g/mol. The molecule has 6 rings (SSSR count). The molecule has 4 heterocycles. The van der Waals surface area contributed by atoms with Crippen LogP contribution in [0.4, 0.5) is 4.79 Å². The fourth-order valence-electron chi connectivity index (χ4n) is 7.03. The molecule has 3 N–H and O–H groups in total. The smallest absolute Gasteiger partial charge is 0.407 e. The number of hydrogen-bond donors (Lipinski definition) is 3. The number of aromatic amines is 2. The minimum atomic E-state index is -3.65. The second kappa shape index (κ2) is 17.7. The van der Waals surface area contributed by atoms with E-state index in [1.165, 1.54) is 23.4 Å². The van der Waals surface area contributed by atoms with Gasteiger partial charge in [-0.15, -0.1) is 0 Å². The van der Waals surface area contributed by atoms with Gasteiger partial charge in [0.2, 0.25) is 21.8 Å². The Hall–Kier alpha value is -6.25. The predicted octanol–water partition coefficient (Wildman–Crippen LogP) is 4.50. The molecule has 0 radical (unpaired) electrons. The van der Waals surface area contributed by atoms with Gasteiger partial charge in [-0.2, -0.15) is 4.31 Å². The summed E-state index contributed by atoms with van der Waals surface area (Å²) >= 11 is 0. The summed E-state index contributed by atoms with van der Waals surface area (Å²) in [6, 6.07) is 13.8. The molecule has 4 aromatic rings. The van der Waals surface area contributed by atoms with Crippen LogP contribution in [0.15, 0.2) is 73.1 Å². The maximum absolute atomic E-state index is 13.8. The van der Waals surface area contributed by atoms with Crippen molar-refractivity contribution in [1.82, 2.24) is 39.4 Å². The third-order valence-corrected chi connectivity index (χ3v) is 11.6. The number of aromatic nitrogens is 4. The van der Waals surface area contributed by atoms with E-state index in [1.54, 1.807) is 31.1 Å². The molecule has 0 bridgehead atoms. The van der Waals surface area contributed by atoms with Crippen molar-refractivity contribution in [2.45, 2.75) is 45.8 Å². The Morgan fingerprint density at radius 1 is 0.797 bits per heavy atom. The molecule has 59 heavy (non-hydrogen) atoms. The number of nitrogens with zero attached hydrogens (tertiary/aromatic N) is 5. The number of sulfonamides is 1. The minimum Gasteiger partial charge on any atom is -0.459 e. The van der Waals surface area contributed by atoms with Crippen LogP contribution in [0.25, 0.3) is 33.6 Å². The summed E-state index contributed by atoms with van der Waals surface area (Å²) < 4.78 is 35.7. The molecule has 16 nitrogen and oxygen atoms in total. The summed E-state index contributed by atoms with van der Waals surface area (Å²) in [5.74, 6) is 3.80. The lowest BCUT2D eigenvalue weighted by Crippen LogP contribution is -2.51. The number of alkyl carbamates (subject to hydrolysis) is 1. The molecular formula is C42H48N8O8S. The lowest BCUT2D eigenvalue weighted by Gasteiger charge is -2.29. The molecule has 310 valence electrons. The third-order valence-electron chi connectivity index (χ3n) is 10.4. The number of benzene rings is 2. The van der Waals surface area contributed by atoms with Crippen LogP contribution in [0, 0.1) is 29.6 Å². The zero-order valence-electron chi connectivity index (χ0n) is 33.9. The van der Waals surface area contributed by atoms with E-state index < -0.39 is 52.0 Å². The summed E-state index contributed by atoms with van der Waals surface area (Å²) in [5.41, 5.74) is 5.17. The van der Waals surface area contributed by atoms with Crippen LogP contribution in [0.3, 0.4) is 0 Å². The van der Waals surface area contributed by atoms with Crippen molar-refractivity contribution in [3.63, 3.8) is 0 Å². The number of nitrogens with one attached hydrogen (secondary N) is 3. The number of imidazole rings is 2. The van der Waals surface area contributed by atoms with Crippen molar-refractivity contribution in [1.29, 1.82) is 0 Å². The van der Waals surface area contributed by atoms with Crippen LogP contribution < -0.4 is 5.32 Å². The fraction of sp³-hybridized carbons (Fsp3) is 0.381. The van der Waals surface area contributed by atoms with Gasteiger partial charge in [-0.05, 0) is 34.1 Å². The topological polar surface area (TPSA) is 200 Å². The van der Waals surface area contributed by atoms with Gasteiger partial charge in [-0.3, -0.25) is 9.59 Å². The number of methoxy groups -OCH3 is 2. The first kappa shape index (κ1) is 42.4. The number of hydrogen-bond acceptors (Lipinski definition) is 10. The standard InChI is InChI=1S/C42H48N8O8S/c1-25(2)31(18-19-36(51)57-5)40(52)49-20-8-9-34(49)38-43-21-32(45-38)29-14-10-27(11-15-29)28-12-16-30(17-13-28)33-22-44-39(46-33)35-23-48(59(7,55)56)24-50(35)41(53)37(26(3)4)47-42(54)58-6/h8-17,21-22,25-26,31,34-35,37H,20,23-24H2,1-7H3,(H,43,45)(H,44,46)(H,47,54)/t31-,34-,35-,37-/m0/s1. The second-order valence-corrected chi connectivity index (χ2v) is 17.1. The molecule has 17 heteroatoms. The van der Waals surface area contributed by atoms with Crippen LogP contribution in [-0.4, -0.2) is 113 Å². The summed E-state index contributed by atoms with van der Waals surface area (Å²) in [5, 5.41) is 2.58. The molecule has 2 aliphatic rings. The van der Waals surface area contributed by atoms with Gasteiger partial charge in [-0.1, -0.05) is 94.3 Å². The molecule has 0 saturated carbocycles. The highest BCUT2D eigenvalue weighted by atomic mass is 32.2. The first-order valence-electron chi connectivity index (χ1n) is 19.1. The monoisotopic (exact) mass is 824 g/mol. The fourth-order valence-corrected chi connectivity index (χ4v) is 7.78. The highest BCUT2D eigenvalue weighted by Gasteiger charge is 2.43. The van der Waals surface area contributed by atoms with E-state index >= 15 is 0 Å². The van der Waals surface area contributed by atoms with Gasteiger partial charge in [0.05, 0.1) is 50.9 Å². The van der Waals surface area contributed by atoms with E-state index in [9.17, 15) is 27.6 Å². The van der Waals surface area contributed by atoms with Gasteiger partial charge in [0.1, 0.15) is 35.7 Å². The normalized spacial score (nSPS) is 17.8. The summed E-state index contributed by atoms with van der Waals surface area (Å²) in [6.45, 7) is 7.55. The van der Waals surface area contributed by atoms with E-state index in [1.807, 2.05) is 74.5 Å². The summed E-state index contributed by atoms with van der Waals surface area (Å²) in [7, 11) is -1.19. The molecule has 0 spiro atoms. The predicted molar refractivity (Wildman–Crippen MR) is 219 cm³/mol. The average Bonchev–Trinajstić information content (AvgIpc) is 4.05. The Bertz CT molecular complexity index is 2390. The maximum atomic E-state index is 13.8. The lowest BCUT2D eigenvalue weighted by molar-refractivity contribution is -0.136. The van der Waals surface area contributed by atoms with E-state index in [0.29, 0.717) is 23.9 Å². The molecule has 3 amide bonds. The molecule has 1 fully saturated rings. The number of ether oxygens (including phenoxy) is 2. The van der Waals surface area contributed by atoms with Crippen molar-refractivity contribution in [3.8, 4) is 45.5 Å². The zero-order chi connectivity index (χ0) is 42.6. The number of rotatable bonds is 11.